The summed E-state index contributed by atoms with van der Waals surface area (Å²) in [4.78, 5) is 10.6. The van der Waals surface area contributed by atoms with Crippen LogP contribution in [0, 0.1) is 13.8 Å². The molecule has 118 valence electrons. The van der Waals surface area contributed by atoms with Gasteiger partial charge >= 0.3 is 0 Å². The lowest BCUT2D eigenvalue weighted by molar-refractivity contribution is 0.362. The summed E-state index contributed by atoms with van der Waals surface area (Å²) in [6.07, 6.45) is 2.74. The maximum atomic E-state index is 4.67. The Balaban J connectivity index is 0.00000110. The third-order valence-electron chi connectivity index (χ3n) is 3.92. The Morgan fingerprint density at radius 1 is 1.14 bits per heavy atom. The predicted molar refractivity (Wildman–Crippen MR) is 96.5 cm³/mol. The second kappa shape index (κ2) is 8.28. The fraction of sp³-hybridized carbons (Fsp3) is 0.533. The van der Waals surface area contributed by atoms with Crippen LogP contribution in [0.2, 0.25) is 0 Å². The fourth-order valence-corrected chi connectivity index (χ4v) is 3.48. The van der Waals surface area contributed by atoms with E-state index in [-0.39, 0.29) is 24.8 Å². The van der Waals surface area contributed by atoms with E-state index in [1.54, 1.807) is 0 Å². The van der Waals surface area contributed by atoms with Crippen LogP contribution >= 0.6 is 36.6 Å². The number of nitrogens with zero attached hydrogens (tertiary/aromatic N) is 2. The molecule has 1 N–H and O–H groups in total. The van der Waals surface area contributed by atoms with Crippen molar-refractivity contribution in [3.05, 3.63) is 23.3 Å². The van der Waals surface area contributed by atoms with Crippen LogP contribution in [0.3, 0.4) is 0 Å². The third kappa shape index (κ3) is 4.52. The average molecular weight is 348 g/mol. The van der Waals surface area contributed by atoms with Crippen molar-refractivity contribution < 1.29 is 0 Å². The molecule has 3 nitrogen and oxygen atoms in total. The number of fused-ring (bicyclic) bond motifs is 1. The van der Waals surface area contributed by atoms with Crippen LogP contribution in [0.1, 0.15) is 24.0 Å². The maximum absolute atomic E-state index is 4.67. The minimum absolute atomic E-state index is 0. The topological polar surface area (TPSA) is 31.9 Å². The van der Waals surface area contributed by atoms with Crippen LogP contribution in [-0.2, 0) is 0 Å². The number of imidazole rings is 1. The molecule has 2 heterocycles. The zero-order valence-corrected chi connectivity index (χ0v) is 15.0. The van der Waals surface area contributed by atoms with E-state index in [1.807, 2.05) is 11.8 Å². The van der Waals surface area contributed by atoms with E-state index >= 15 is 0 Å². The highest BCUT2D eigenvalue weighted by molar-refractivity contribution is 7.99. The van der Waals surface area contributed by atoms with Gasteiger partial charge in [0.05, 0.1) is 11.0 Å². The first-order chi connectivity index (χ1) is 9.22. The van der Waals surface area contributed by atoms with Crippen LogP contribution in [0.25, 0.3) is 11.0 Å². The van der Waals surface area contributed by atoms with Gasteiger partial charge in [0.1, 0.15) is 0 Å². The molecule has 1 saturated heterocycles. The van der Waals surface area contributed by atoms with Crippen molar-refractivity contribution in [3.8, 4) is 0 Å². The summed E-state index contributed by atoms with van der Waals surface area (Å²) in [7, 11) is 0. The molecule has 0 aliphatic carbocycles. The fourth-order valence-electron chi connectivity index (χ4n) is 2.59. The Hall–Kier alpha value is -0.420. The van der Waals surface area contributed by atoms with Gasteiger partial charge in [-0.15, -0.1) is 24.8 Å². The van der Waals surface area contributed by atoms with Gasteiger partial charge in [0.15, 0.2) is 5.16 Å². The number of nitrogens with one attached hydrogen (secondary N) is 1. The molecule has 2 aromatic rings. The Bertz CT molecular complexity index is 541. The number of hydrogen-bond acceptors (Lipinski definition) is 3. The summed E-state index contributed by atoms with van der Waals surface area (Å²) in [5.74, 6) is 1.12. The Morgan fingerprint density at radius 2 is 1.81 bits per heavy atom. The van der Waals surface area contributed by atoms with Gasteiger partial charge in [-0.1, -0.05) is 11.8 Å². The molecule has 1 aliphatic heterocycles. The van der Waals surface area contributed by atoms with Gasteiger partial charge in [0.2, 0.25) is 0 Å². The maximum Gasteiger partial charge on any atom is 0.166 e. The van der Waals surface area contributed by atoms with Crippen molar-refractivity contribution in [2.45, 2.75) is 31.8 Å². The van der Waals surface area contributed by atoms with Gasteiger partial charge in [-0.05, 0) is 63.0 Å². The molecule has 6 heteroatoms. The standard InChI is InChI=1S/C15H21N3S.2ClH/c1-11-9-13-14(10-12(11)2)17-15(16-13)19-8-7-18-5-3-4-6-18;;/h9-10H,3-8H2,1-2H3,(H,16,17);2*1H. The van der Waals surface area contributed by atoms with Crippen LogP contribution in [-0.4, -0.2) is 40.3 Å². The molecule has 0 spiro atoms. The van der Waals surface area contributed by atoms with Crippen molar-refractivity contribution in [2.24, 2.45) is 0 Å². The van der Waals surface area contributed by atoms with Crippen molar-refractivity contribution >= 4 is 47.6 Å². The van der Waals surface area contributed by atoms with E-state index in [1.165, 1.54) is 43.6 Å². The second-order valence-corrected chi connectivity index (χ2v) is 6.48. The van der Waals surface area contributed by atoms with E-state index in [2.05, 4.69) is 40.8 Å². The van der Waals surface area contributed by atoms with Gasteiger partial charge in [0, 0.05) is 12.3 Å². The largest absolute Gasteiger partial charge is 0.333 e. The first-order valence-corrected chi connectivity index (χ1v) is 8.03. The number of aryl methyl sites for hydroxylation is 2. The molecule has 0 atom stereocenters. The SMILES string of the molecule is Cc1cc2nc(SCCN3CCCC3)[nH]c2cc1C.Cl.Cl. The second-order valence-electron chi connectivity index (χ2n) is 5.39. The predicted octanol–water partition coefficient (Wildman–Crippen LogP) is 4.21. The average Bonchev–Trinajstić information content (AvgIpc) is 2.99. The highest BCUT2D eigenvalue weighted by Gasteiger charge is 2.11. The summed E-state index contributed by atoms with van der Waals surface area (Å²) >= 11 is 1.84. The molecule has 0 radical (unpaired) electrons. The van der Waals surface area contributed by atoms with E-state index in [0.717, 1.165) is 21.9 Å². The first kappa shape index (κ1) is 18.6. The summed E-state index contributed by atoms with van der Waals surface area (Å²) in [5.41, 5.74) is 4.89. The smallest absolute Gasteiger partial charge is 0.166 e. The third-order valence-corrected chi connectivity index (χ3v) is 4.77. The van der Waals surface area contributed by atoms with Crippen molar-refractivity contribution in [2.75, 3.05) is 25.4 Å². The zero-order valence-electron chi connectivity index (χ0n) is 12.5. The van der Waals surface area contributed by atoms with Gasteiger partial charge < -0.3 is 9.88 Å². The normalized spacial score (nSPS) is 15.0. The number of halogens is 2. The lowest BCUT2D eigenvalue weighted by Gasteiger charge is -2.12. The molecule has 3 rings (SSSR count). The number of benzene rings is 1. The summed E-state index contributed by atoms with van der Waals surface area (Å²) in [5, 5.41) is 1.05. The van der Waals surface area contributed by atoms with Gasteiger partial charge in [-0.25, -0.2) is 4.98 Å². The highest BCUT2D eigenvalue weighted by atomic mass is 35.5. The summed E-state index contributed by atoms with van der Waals surface area (Å²) < 4.78 is 0. The quantitative estimate of drug-likeness (QED) is 0.840. The Labute approximate surface area is 143 Å². The van der Waals surface area contributed by atoms with Gasteiger partial charge in [-0.2, -0.15) is 0 Å². The number of H-pyrrole nitrogens is 1. The molecule has 0 unspecified atom stereocenters. The number of likely N-dealkylation sites (tertiary alicyclic amines) is 1. The monoisotopic (exact) mass is 347 g/mol. The number of thioether (sulfide) groups is 1. The van der Waals surface area contributed by atoms with E-state index in [0.29, 0.717) is 0 Å². The lowest BCUT2D eigenvalue weighted by atomic mass is 10.1. The summed E-state index contributed by atoms with van der Waals surface area (Å²) in [6, 6.07) is 4.37. The molecule has 0 bridgehead atoms. The molecular weight excluding hydrogens is 325 g/mol. The van der Waals surface area contributed by atoms with Crippen molar-refractivity contribution in [1.29, 1.82) is 0 Å². The molecule has 21 heavy (non-hydrogen) atoms. The first-order valence-electron chi connectivity index (χ1n) is 7.04. The van der Waals surface area contributed by atoms with Crippen LogP contribution < -0.4 is 0 Å². The van der Waals surface area contributed by atoms with E-state index < -0.39 is 0 Å². The highest BCUT2D eigenvalue weighted by Crippen LogP contribution is 2.22. The van der Waals surface area contributed by atoms with Crippen molar-refractivity contribution in [3.63, 3.8) is 0 Å². The summed E-state index contributed by atoms with van der Waals surface area (Å²) in [6.45, 7) is 8.03. The minimum Gasteiger partial charge on any atom is -0.333 e. The van der Waals surface area contributed by atoms with Crippen LogP contribution in [0.5, 0.6) is 0 Å². The van der Waals surface area contributed by atoms with Crippen molar-refractivity contribution in [1.82, 2.24) is 14.9 Å². The Kier molecular flexibility index (Phi) is 7.34. The molecular formula is C15H23Cl2N3S. The molecule has 1 fully saturated rings. The Morgan fingerprint density at radius 3 is 2.52 bits per heavy atom. The van der Waals surface area contributed by atoms with E-state index in [4.69, 9.17) is 0 Å². The minimum atomic E-state index is 0. The van der Waals surface area contributed by atoms with Crippen LogP contribution in [0.4, 0.5) is 0 Å². The number of rotatable bonds is 4. The molecule has 1 aromatic heterocycles. The molecule has 1 aliphatic rings. The van der Waals surface area contributed by atoms with E-state index in [9.17, 15) is 0 Å². The van der Waals surface area contributed by atoms with Crippen LogP contribution in [0.15, 0.2) is 17.3 Å². The van der Waals surface area contributed by atoms with Gasteiger partial charge in [-0.3, -0.25) is 0 Å². The zero-order chi connectivity index (χ0) is 13.2. The molecule has 0 amide bonds. The number of aromatic nitrogens is 2. The molecule has 1 aromatic carbocycles. The lowest BCUT2D eigenvalue weighted by Crippen LogP contribution is -2.21. The van der Waals surface area contributed by atoms with Gasteiger partial charge in [0.25, 0.3) is 0 Å². The number of hydrogen-bond donors (Lipinski definition) is 1. The number of aromatic amines is 1. The molecule has 0 saturated carbocycles.